The Morgan fingerprint density at radius 3 is 2.88 bits per heavy atom. The molecule has 0 radical (unpaired) electrons. The second-order valence-corrected chi connectivity index (χ2v) is 3.92. The van der Waals surface area contributed by atoms with Crippen LogP contribution in [-0.4, -0.2) is 11.3 Å². The van der Waals surface area contributed by atoms with Crippen molar-refractivity contribution in [3.05, 3.63) is 46.6 Å². The number of benzene rings is 1. The van der Waals surface area contributed by atoms with E-state index >= 15 is 0 Å². The van der Waals surface area contributed by atoms with E-state index < -0.39 is 0 Å². The van der Waals surface area contributed by atoms with Gasteiger partial charge in [0, 0.05) is 10.9 Å². The van der Waals surface area contributed by atoms with Gasteiger partial charge < -0.3 is 0 Å². The molecule has 0 saturated carbocycles. The van der Waals surface area contributed by atoms with E-state index in [1.807, 2.05) is 31.2 Å². The summed E-state index contributed by atoms with van der Waals surface area (Å²) in [6, 6.07) is 7.91. The van der Waals surface area contributed by atoms with Gasteiger partial charge in [0.2, 0.25) is 0 Å². The Morgan fingerprint density at radius 2 is 2.12 bits per heavy atom. The number of hydrogen-bond acceptors (Lipinski definition) is 2. The van der Waals surface area contributed by atoms with E-state index in [1.54, 1.807) is 6.08 Å². The molecular weight excluding hydrogens is 222 g/mol. The number of halogens is 1. The summed E-state index contributed by atoms with van der Waals surface area (Å²) in [6.07, 6.45) is 3.78. The molecule has 1 aromatic carbocycles. The topological polar surface area (TPSA) is 30.0 Å². The minimum Gasteiger partial charge on any atom is -0.299 e. The highest BCUT2D eigenvalue weighted by Crippen LogP contribution is 2.22. The molecule has 0 N–H and O–H groups in total. The van der Waals surface area contributed by atoms with Crippen molar-refractivity contribution in [2.24, 2.45) is 0 Å². The predicted molar refractivity (Wildman–Crippen MR) is 66.6 cm³/mol. The summed E-state index contributed by atoms with van der Waals surface area (Å²) in [4.78, 5) is 14.5. The Hall–Kier alpha value is -1.67. The number of allylic oxidation sites excluding steroid dienone is 1. The Balaban J connectivity index is 2.62. The van der Waals surface area contributed by atoms with Gasteiger partial charge in [0.1, 0.15) is 11.4 Å². The Labute approximate surface area is 98.6 Å². The highest BCUT2D eigenvalue weighted by Gasteiger charge is 2.02. The highest BCUT2D eigenvalue weighted by molar-refractivity contribution is 6.31. The molecule has 0 atom stereocenters. The highest BCUT2D eigenvalue weighted by atomic mass is 35.5. The number of pyridine rings is 1. The number of carbonyl (C=O) groups is 1. The van der Waals surface area contributed by atoms with E-state index in [1.165, 1.54) is 6.08 Å². The van der Waals surface area contributed by atoms with Crippen LogP contribution in [0, 0.1) is 6.92 Å². The van der Waals surface area contributed by atoms with Crippen LogP contribution in [0.25, 0.3) is 17.0 Å². The standard InChI is InChI=1S/C13H10ClNO/c1-9-4-5-10-8-11(3-2-6-16)13(14)15-12(10)7-9/h2-8H,1H3. The third kappa shape index (κ3) is 2.12. The van der Waals surface area contributed by atoms with Crippen LogP contribution in [0.2, 0.25) is 5.15 Å². The summed E-state index contributed by atoms with van der Waals surface area (Å²) in [7, 11) is 0. The number of rotatable bonds is 2. The second kappa shape index (κ2) is 4.45. The summed E-state index contributed by atoms with van der Waals surface area (Å²) < 4.78 is 0. The maximum atomic E-state index is 10.2. The number of aromatic nitrogens is 1. The zero-order valence-corrected chi connectivity index (χ0v) is 9.53. The van der Waals surface area contributed by atoms with Gasteiger partial charge in [-0.05, 0) is 36.8 Å². The zero-order chi connectivity index (χ0) is 11.5. The van der Waals surface area contributed by atoms with E-state index in [-0.39, 0.29) is 0 Å². The van der Waals surface area contributed by atoms with E-state index in [9.17, 15) is 4.79 Å². The van der Waals surface area contributed by atoms with Crippen LogP contribution in [0.5, 0.6) is 0 Å². The van der Waals surface area contributed by atoms with Gasteiger partial charge in [0.15, 0.2) is 0 Å². The molecule has 3 heteroatoms. The van der Waals surface area contributed by atoms with Crippen molar-refractivity contribution in [3.63, 3.8) is 0 Å². The monoisotopic (exact) mass is 231 g/mol. The summed E-state index contributed by atoms with van der Waals surface area (Å²) in [5.74, 6) is 0. The van der Waals surface area contributed by atoms with Gasteiger partial charge in [0.05, 0.1) is 5.52 Å². The number of aryl methyl sites for hydroxylation is 1. The van der Waals surface area contributed by atoms with Gasteiger partial charge in [-0.15, -0.1) is 0 Å². The normalized spacial score (nSPS) is 11.1. The second-order valence-electron chi connectivity index (χ2n) is 3.56. The third-order valence-corrected chi connectivity index (χ3v) is 2.61. The summed E-state index contributed by atoms with van der Waals surface area (Å²) in [5.41, 5.74) is 2.77. The van der Waals surface area contributed by atoms with Crippen LogP contribution in [0.1, 0.15) is 11.1 Å². The first-order valence-electron chi connectivity index (χ1n) is 4.89. The van der Waals surface area contributed by atoms with Crippen molar-refractivity contribution >= 4 is 34.9 Å². The van der Waals surface area contributed by atoms with E-state index in [0.717, 1.165) is 28.3 Å². The summed E-state index contributed by atoms with van der Waals surface area (Å²) >= 11 is 6.01. The molecule has 0 aliphatic heterocycles. The van der Waals surface area contributed by atoms with Crippen LogP contribution < -0.4 is 0 Å². The molecule has 0 spiro atoms. The lowest BCUT2D eigenvalue weighted by Crippen LogP contribution is -1.85. The Bertz CT molecular complexity index is 575. The minimum atomic E-state index is 0.413. The molecule has 16 heavy (non-hydrogen) atoms. The van der Waals surface area contributed by atoms with E-state index in [2.05, 4.69) is 4.98 Å². The molecule has 0 aliphatic carbocycles. The molecule has 1 heterocycles. The van der Waals surface area contributed by atoms with Crippen molar-refractivity contribution in [3.8, 4) is 0 Å². The maximum Gasteiger partial charge on any atom is 0.142 e. The van der Waals surface area contributed by atoms with Crippen LogP contribution in [0.15, 0.2) is 30.3 Å². The van der Waals surface area contributed by atoms with Gasteiger partial charge in [-0.25, -0.2) is 4.98 Å². The van der Waals surface area contributed by atoms with Gasteiger partial charge in [-0.2, -0.15) is 0 Å². The molecule has 2 aromatic rings. The molecule has 0 amide bonds. The summed E-state index contributed by atoms with van der Waals surface area (Å²) in [6.45, 7) is 2.01. The lowest BCUT2D eigenvalue weighted by atomic mass is 10.1. The molecule has 0 aliphatic rings. The van der Waals surface area contributed by atoms with Crippen molar-refractivity contribution in [2.45, 2.75) is 6.92 Å². The number of carbonyl (C=O) groups excluding carboxylic acids is 1. The third-order valence-electron chi connectivity index (χ3n) is 2.31. The zero-order valence-electron chi connectivity index (χ0n) is 8.77. The SMILES string of the molecule is Cc1ccc2cc(C=CC=O)c(Cl)nc2c1. The van der Waals surface area contributed by atoms with Crippen LogP contribution in [0.4, 0.5) is 0 Å². The molecule has 2 rings (SSSR count). The lowest BCUT2D eigenvalue weighted by molar-refractivity contribution is -0.104. The average Bonchev–Trinajstić information content (AvgIpc) is 2.26. The fraction of sp³-hybridized carbons (Fsp3) is 0.0769. The predicted octanol–water partition coefficient (Wildman–Crippen LogP) is 3.41. The van der Waals surface area contributed by atoms with Crippen LogP contribution >= 0.6 is 11.6 Å². The number of nitrogens with zero attached hydrogens (tertiary/aromatic N) is 1. The number of hydrogen-bond donors (Lipinski definition) is 0. The minimum absolute atomic E-state index is 0.413. The summed E-state index contributed by atoms with van der Waals surface area (Å²) in [5, 5.41) is 1.43. The van der Waals surface area contributed by atoms with Crippen LogP contribution in [0.3, 0.4) is 0 Å². The molecule has 80 valence electrons. The molecule has 0 unspecified atom stereocenters. The van der Waals surface area contributed by atoms with Gasteiger partial charge in [-0.1, -0.05) is 23.7 Å². The van der Waals surface area contributed by atoms with Crippen molar-refractivity contribution < 1.29 is 4.79 Å². The quantitative estimate of drug-likeness (QED) is 0.450. The van der Waals surface area contributed by atoms with E-state index in [0.29, 0.717) is 5.15 Å². The van der Waals surface area contributed by atoms with Gasteiger partial charge in [0.25, 0.3) is 0 Å². The van der Waals surface area contributed by atoms with Crippen molar-refractivity contribution in [2.75, 3.05) is 0 Å². The van der Waals surface area contributed by atoms with E-state index in [4.69, 9.17) is 11.6 Å². The largest absolute Gasteiger partial charge is 0.299 e. The Kier molecular flexibility index (Phi) is 3.02. The fourth-order valence-corrected chi connectivity index (χ4v) is 1.74. The van der Waals surface area contributed by atoms with Gasteiger partial charge >= 0.3 is 0 Å². The average molecular weight is 232 g/mol. The molecule has 0 bridgehead atoms. The number of fused-ring (bicyclic) bond motifs is 1. The molecule has 0 saturated heterocycles. The smallest absolute Gasteiger partial charge is 0.142 e. The van der Waals surface area contributed by atoms with Crippen molar-refractivity contribution in [1.29, 1.82) is 0 Å². The number of aldehydes is 1. The van der Waals surface area contributed by atoms with Crippen molar-refractivity contribution in [1.82, 2.24) is 4.98 Å². The first kappa shape index (κ1) is 10.8. The Morgan fingerprint density at radius 1 is 1.31 bits per heavy atom. The maximum absolute atomic E-state index is 10.2. The lowest BCUT2D eigenvalue weighted by Gasteiger charge is -2.02. The fourth-order valence-electron chi connectivity index (χ4n) is 1.53. The first-order valence-corrected chi connectivity index (χ1v) is 5.27. The molecule has 1 aromatic heterocycles. The molecular formula is C13H10ClNO. The first-order chi connectivity index (χ1) is 7.70. The molecule has 2 nitrogen and oxygen atoms in total. The van der Waals surface area contributed by atoms with Crippen LogP contribution in [-0.2, 0) is 4.79 Å². The van der Waals surface area contributed by atoms with Gasteiger partial charge in [-0.3, -0.25) is 4.79 Å². The molecule has 0 fully saturated rings.